The number of carbonyl (C=O) groups is 1. The molecule has 0 spiro atoms. The van der Waals surface area contributed by atoms with Crippen molar-refractivity contribution in [3.63, 3.8) is 0 Å². The van der Waals surface area contributed by atoms with Gasteiger partial charge in [-0.25, -0.2) is 9.97 Å². The van der Waals surface area contributed by atoms with Gasteiger partial charge in [0, 0.05) is 24.8 Å². The summed E-state index contributed by atoms with van der Waals surface area (Å²) in [6, 6.07) is 5.35. The smallest absolute Gasteiger partial charge is 0.104 e. The lowest BCUT2D eigenvalue weighted by molar-refractivity contribution is -0.306. The van der Waals surface area contributed by atoms with Crippen molar-refractivity contribution in [2.45, 2.75) is 19.4 Å². The van der Waals surface area contributed by atoms with E-state index in [1.165, 1.54) is 0 Å². The molecule has 1 aromatic carbocycles. The number of fused-ring (bicyclic) bond motifs is 1. The van der Waals surface area contributed by atoms with Gasteiger partial charge in [0.1, 0.15) is 5.82 Å². The number of aromatic nitrogens is 4. The molecule has 102 valence electrons. The molecule has 2 aromatic heterocycles. The Morgan fingerprint density at radius 1 is 1.50 bits per heavy atom. The molecule has 0 saturated carbocycles. The third-order valence-electron chi connectivity index (χ3n) is 3.25. The van der Waals surface area contributed by atoms with Crippen LogP contribution in [0.1, 0.15) is 23.9 Å². The standard InChI is InChI=1S/C14H14N4O2/c1-9-16-11-3-2-10(6-12(11)17-9)13(7-14(19)20)18-5-4-15-8-18/h2-6,8,13H,7H2,1H3,(H,16,17)(H,19,20)/p-1. The van der Waals surface area contributed by atoms with Crippen molar-refractivity contribution in [2.24, 2.45) is 0 Å². The number of aryl methyl sites for hydroxylation is 1. The number of rotatable bonds is 4. The number of carbonyl (C=O) groups excluding carboxylic acids is 1. The molecule has 0 aliphatic heterocycles. The first-order chi connectivity index (χ1) is 9.63. The van der Waals surface area contributed by atoms with Gasteiger partial charge in [0.25, 0.3) is 0 Å². The average molecular weight is 269 g/mol. The van der Waals surface area contributed by atoms with E-state index in [1.807, 2.05) is 25.1 Å². The van der Waals surface area contributed by atoms with Gasteiger partial charge in [0.2, 0.25) is 0 Å². The zero-order chi connectivity index (χ0) is 14.1. The molecule has 0 amide bonds. The molecule has 6 nitrogen and oxygen atoms in total. The molecule has 0 aliphatic rings. The molecule has 1 atom stereocenters. The van der Waals surface area contributed by atoms with Gasteiger partial charge >= 0.3 is 0 Å². The highest BCUT2D eigenvalue weighted by atomic mass is 16.4. The summed E-state index contributed by atoms with van der Waals surface area (Å²) >= 11 is 0. The van der Waals surface area contributed by atoms with E-state index in [9.17, 15) is 9.90 Å². The lowest BCUT2D eigenvalue weighted by atomic mass is 10.0. The highest BCUT2D eigenvalue weighted by Crippen LogP contribution is 2.24. The van der Waals surface area contributed by atoms with Gasteiger partial charge in [-0.1, -0.05) is 6.07 Å². The Morgan fingerprint density at radius 2 is 2.35 bits per heavy atom. The van der Waals surface area contributed by atoms with Gasteiger partial charge in [-0.05, 0) is 24.6 Å². The van der Waals surface area contributed by atoms with E-state index in [4.69, 9.17) is 0 Å². The van der Waals surface area contributed by atoms with Crippen molar-refractivity contribution in [3.05, 3.63) is 48.3 Å². The first kappa shape index (κ1) is 12.4. The van der Waals surface area contributed by atoms with Crippen LogP contribution in [-0.4, -0.2) is 25.5 Å². The van der Waals surface area contributed by atoms with Gasteiger partial charge < -0.3 is 19.5 Å². The fourth-order valence-corrected chi connectivity index (χ4v) is 2.37. The van der Waals surface area contributed by atoms with Crippen LogP contribution in [-0.2, 0) is 4.79 Å². The Balaban J connectivity index is 2.06. The van der Waals surface area contributed by atoms with Crippen LogP contribution in [0.25, 0.3) is 11.0 Å². The minimum atomic E-state index is -1.09. The maximum Gasteiger partial charge on any atom is 0.104 e. The highest BCUT2D eigenvalue weighted by molar-refractivity contribution is 5.76. The summed E-state index contributed by atoms with van der Waals surface area (Å²) in [5.41, 5.74) is 2.64. The number of aliphatic carboxylic acids is 1. The van der Waals surface area contributed by atoms with Crippen molar-refractivity contribution in [1.29, 1.82) is 0 Å². The molecule has 3 rings (SSSR count). The molecule has 0 bridgehead atoms. The average Bonchev–Trinajstić information content (AvgIpc) is 3.02. The van der Waals surface area contributed by atoms with E-state index < -0.39 is 5.97 Å². The van der Waals surface area contributed by atoms with Crippen molar-refractivity contribution >= 4 is 17.0 Å². The largest absolute Gasteiger partial charge is 0.550 e. The van der Waals surface area contributed by atoms with Gasteiger partial charge in [-0.15, -0.1) is 0 Å². The predicted molar refractivity (Wildman–Crippen MR) is 70.8 cm³/mol. The number of carboxylic acid groups (broad SMARTS) is 1. The molecule has 20 heavy (non-hydrogen) atoms. The Kier molecular flexibility index (Phi) is 2.98. The summed E-state index contributed by atoms with van der Waals surface area (Å²) in [6.45, 7) is 1.88. The van der Waals surface area contributed by atoms with E-state index in [0.29, 0.717) is 0 Å². The number of benzene rings is 1. The first-order valence-electron chi connectivity index (χ1n) is 6.27. The summed E-state index contributed by atoms with van der Waals surface area (Å²) in [7, 11) is 0. The third kappa shape index (κ3) is 2.27. The second kappa shape index (κ2) is 4.80. The monoisotopic (exact) mass is 269 g/mol. The fraction of sp³-hybridized carbons (Fsp3) is 0.214. The number of carboxylic acids is 1. The lowest BCUT2D eigenvalue weighted by Crippen LogP contribution is -2.26. The molecule has 1 N–H and O–H groups in total. The second-order valence-electron chi connectivity index (χ2n) is 4.70. The normalized spacial score (nSPS) is 12.7. The Labute approximate surface area is 115 Å². The van der Waals surface area contributed by atoms with Crippen LogP contribution in [0, 0.1) is 6.92 Å². The van der Waals surface area contributed by atoms with E-state index >= 15 is 0 Å². The van der Waals surface area contributed by atoms with Crippen molar-refractivity contribution < 1.29 is 9.90 Å². The molecule has 0 radical (unpaired) electrons. The van der Waals surface area contributed by atoms with Gasteiger partial charge in [0.15, 0.2) is 0 Å². The minimum Gasteiger partial charge on any atom is -0.550 e. The molecule has 3 aromatic rings. The molecular weight excluding hydrogens is 256 g/mol. The molecule has 2 heterocycles. The quantitative estimate of drug-likeness (QED) is 0.759. The molecule has 1 unspecified atom stereocenters. The number of imidazole rings is 2. The Morgan fingerprint density at radius 3 is 3.05 bits per heavy atom. The fourth-order valence-electron chi connectivity index (χ4n) is 2.37. The number of nitrogens with one attached hydrogen (secondary N) is 1. The van der Waals surface area contributed by atoms with E-state index in [-0.39, 0.29) is 12.5 Å². The molecule has 6 heteroatoms. The summed E-state index contributed by atoms with van der Waals surface area (Å²) in [5.74, 6) is -0.263. The number of aromatic amines is 1. The van der Waals surface area contributed by atoms with Gasteiger partial charge in [0.05, 0.1) is 23.4 Å². The predicted octanol–water partition coefficient (Wildman–Crippen LogP) is 0.797. The number of hydrogen-bond acceptors (Lipinski definition) is 4. The van der Waals surface area contributed by atoms with Gasteiger partial charge in [-0.3, -0.25) is 0 Å². The molecule has 0 fully saturated rings. The van der Waals surface area contributed by atoms with Crippen molar-refractivity contribution in [2.75, 3.05) is 0 Å². The van der Waals surface area contributed by atoms with E-state index in [1.54, 1.807) is 23.3 Å². The van der Waals surface area contributed by atoms with Crippen molar-refractivity contribution in [3.8, 4) is 0 Å². The molecular formula is C14H13N4O2-. The maximum absolute atomic E-state index is 11.0. The zero-order valence-electron chi connectivity index (χ0n) is 10.9. The van der Waals surface area contributed by atoms with Crippen LogP contribution in [0.2, 0.25) is 0 Å². The Hall–Kier alpha value is -2.63. The van der Waals surface area contributed by atoms with Crippen LogP contribution >= 0.6 is 0 Å². The summed E-state index contributed by atoms with van der Waals surface area (Å²) in [6.07, 6.45) is 4.88. The minimum absolute atomic E-state index is 0.102. The van der Waals surface area contributed by atoms with Crippen LogP contribution < -0.4 is 5.11 Å². The summed E-state index contributed by atoms with van der Waals surface area (Å²) in [4.78, 5) is 22.4. The maximum atomic E-state index is 11.0. The molecule has 0 aliphatic carbocycles. The first-order valence-corrected chi connectivity index (χ1v) is 6.27. The second-order valence-corrected chi connectivity index (χ2v) is 4.70. The molecule has 0 saturated heterocycles. The topological polar surface area (TPSA) is 86.6 Å². The van der Waals surface area contributed by atoms with Gasteiger partial charge in [-0.2, -0.15) is 0 Å². The van der Waals surface area contributed by atoms with Crippen LogP contribution in [0.5, 0.6) is 0 Å². The van der Waals surface area contributed by atoms with Crippen molar-refractivity contribution in [1.82, 2.24) is 19.5 Å². The zero-order valence-corrected chi connectivity index (χ0v) is 10.9. The van der Waals surface area contributed by atoms with E-state index in [0.717, 1.165) is 22.4 Å². The van der Waals surface area contributed by atoms with Crippen LogP contribution in [0.4, 0.5) is 0 Å². The summed E-state index contributed by atoms with van der Waals surface area (Å²) < 4.78 is 1.76. The highest BCUT2D eigenvalue weighted by Gasteiger charge is 2.15. The Bertz CT molecular complexity index is 746. The third-order valence-corrected chi connectivity index (χ3v) is 3.25. The number of hydrogen-bond donors (Lipinski definition) is 1. The van der Waals surface area contributed by atoms with E-state index in [2.05, 4.69) is 15.0 Å². The lowest BCUT2D eigenvalue weighted by Gasteiger charge is -2.19. The van der Waals surface area contributed by atoms with Crippen LogP contribution in [0.3, 0.4) is 0 Å². The summed E-state index contributed by atoms with van der Waals surface area (Å²) in [5, 5.41) is 11.0. The number of H-pyrrole nitrogens is 1. The van der Waals surface area contributed by atoms with Crippen LogP contribution in [0.15, 0.2) is 36.9 Å². The number of nitrogens with zero attached hydrogens (tertiary/aromatic N) is 3. The SMILES string of the molecule is Cc1nc2ccc(C(CC(=O)[O-])n3ccnc3)cc2[nH]1.